The van der Waals surface area contributed by atoms with Gasteiger partial charge in [0.15, 0.2) is 0 Å². The molecule has 2 aliphatic heterocycles. The summed E-state index contributed by atoms with van der Waals surface area (Å²) < 4.78 is 0. The second-order valence-corrected chi connectivity index (χ2v) is 6.30. The van der Waals surface area contributed by atoms with Crippen molar-refractivity contribution in [1.82, 2.24) is 9.80 Å². The first-order valence-electron chi connectivity index (χ1n) is 7.79. The van der Waals surface area contributed by atoms with Crippen LogP contribution in [0, 0.1) is 17.8 Å². The molecule has 0 spiro atoms. The Morgan fingerprint density at radius 1 is 1.15 bits per heavy atom. The lowest BCUT2D eigenvalue weighted by Gasteiger charge is -2.27. The van der Waals surface area contributed by atoms with Crippen LogP contribution in [0.15, 0.2) is 0 Å². The maximum atomic E-state index is 12.5. The Morgan fingerprint density at radius 2 is 1.90 bits per heavy atom. The first kappa shape index (κ1) is 15.1. The molecular weight excluding hydrogens is 256 g/mol. The molecule has 3 unspecified atom stereocenters. The van der Waals surface area contributed by atoms with Gasteiger partial charge in [0.1, 0.15) is 0 Å². The van der Waals surface area contributed by atoms with Crippen molar-refractivity contribution < 1.29 is 14.7 Å². The SMILES string of the molecule is CCC1CCCN(C(=O)N2CC(C)C(C(=O)O)C2)CC1. The van der Waals surface area contributed by atoms with Gasteiger partial charge in [0, 0.05) is 26.2 Å². The van der Waals surface area contributed by atoms with Gasteiger partial charge in [-0.25, -0.2) is 4.79 Å². The zero-order valence-corrected chi connectivity index (χ0v) is 12.5. The quantitative estimate of drug-likeness (QED) is 0.845. The first-order chi connectivity index (χ1) is 9.52. The molecule has 2 amide bonds. The van der Waals surface area contributed by atoms with Crippen LogP contribution in [-0.2, 0) is 4.79 Å². The molecule has 0 aromatic carbocycles. The number of rotatable bonds is 2. The van der Waals surface area contributed by atoms with Crippen LogP contribution in [-0.4, -0.2) is 53.1 Å². The average Bonchev–Trinajstić information content (AvgIpc) is 2.67. The zero-order chi connectivity index (χ0) is 14.7. The molecule has 3 atom stereocenters. The number of aliphatic carboxylic acids is 1. The number of amides is 2. The van der Waals surface area contributed by atoms with E-state index in [1.165, 1.54) is 12.8 Å². The largest absolute Gasteiger partial charge is 0.481 e. The maximum absolute atomic E-state index is 12.5. The minimum Gasteiger partial charge on any atom is -0.481 e. The Hall–Kier alpha value is -1.26. The van der Waals surface area contributed by atoms with E-state index in [0.717, 1.165) is 31.8 Å². The highest BCUT2D eigenvalue weighted by Gasteiger charge is 2.38. The topological polar surface area (TPSA) is 60.9 Å². The summed E-state index contributed by atoms with van der Waals surface area (Å²) in [5, 5.41) is 9.15. The number of carbonyl (C=O) groups is 2. The summed E-state index contributed by atoms with van der Waals surface area (Å²) in [5.74, 6) is -0.409. The van der Waals surface area contributed by atoms with Crippen molar-refractivity contribution in [2.75, 3.05) is 26.2 Å². The van der Waals surface area contributed by atoms with Gasteiger partial charge in [-0.2, -0.15) is 0 Å². The Labute approximate surface area is 120 Å². The van der Waals surface area contributed by atoms with Crippen LogP contribution in [0.3, 0.4) is 0 Å². The molecule has 5 nitrogen and oxygen atoms in total. The predicted molar refractivity (Wildman–Crippen MR) is 76.5 cm³/mol. The highest BCUT2D eigenvalue weighted by Crippen LogP contribution is 2.26. The van der Waals surface area contributed by atoms with Crippen molar-refractivity contribution in [3.05, 3.63) is 0 Å². The number of hydrogen-bond donors (Lipinski definition) is 1. The smallest absolute Gasteiger partial charge is 0.320 e. The van der Waals surface area contributed by atoms with Crippen LogP contribution in [0.25, 0.3) is 0 Å². The maximum Gasteiger partial charge on any atom is 0.320 e. The number of hydrogen-bond acceptors (Lipinski definition) is 2. The monoisotopic (exact) mass is 282 g/mol. The van der Waals surface area contributed by atoms with Gasteiger partial charge in [-0.05, 0) is 31.1 Å². The van der Waals surface area contributed by atoms with E-state index in [1.807, 2.05) is 11.8 Å². The molecule has 1 N–H and O–H groups in total. The number of carbonyl (C=O) groups excluding carboxylic acids is 1. The number of urea groups is 1. The lowest BCUT2D eigenvalue weighted by molar-refractivity contribution is -0.142. The van der Waals surface area contributed by atoms with Gasteiger partial charge in [0.05, 0.1) is 5.92 Å². The van der Waals surface area contributed by atoms with Gasteiger partial charge < -0.3 is 14.9 Å². The minimum atomic E-state index is -0.783. The molecule has 0 aromatic heterocycles. The summed E-state index contributed by atoms with van der Waals surface area (Å²) >= 11 is 0. The average molecular weight is 282 g/mol. The van der Waals surface area contributed by atoms with E-state index in [0.29, 0.717) is 13.1 Å². The molecule has 0 saturated carbocycles. The normalized spacial score (nSPS) is 31.2. The van der Waals surface area contributed by atoms with E-state index in [-0.39, 0.29) is 11.9 Å². The van der Waals surface area contributed by atoms with Crippen molar-refractivity contribution in [3.63, 3.8) is 0 Å². The molecule has 20 heavy (non-hydrogen) atoms. The molecule has 0 aromatic rings. The third-order valence-corrected chi connectivity index (χ3v) is 4.90. The zero-order valence-electron chi connectivity index (χ0n) is 12.5. The van der Waals surface area contributed by atoms with E-state index in [4.69, 9.17) is 5.11 Å². The summed E-state index contributed by atoms with van der Waals surface area (Å²) in [6.07, 6.45) is 4.53. The Balaban J connectivity index is 1.93. The summed E-state index contributed by atoms with van der Waals surface area (Å²) in [5.41, 5.74) is 0. The number of nitrogens with zero attached hydrogens (tertiary/aromatic N) is 2. The molecule has 114 valence electrons. The van der Waals surface area contributed by atoms with E-state index < -0.39 is 11.9 Å². The lowest BCUT2D eigenvalue weighted by atomic mass is 9.98. The van der Waals surface area contributed by atoms with Crippen molar-refractivity contribution in [2.24, 2.45) is 17.8 Å². The van der Waals surface area contributed by atoms with E-state index >= 15 is 0 Å². The lowest BCUT2D eigenvalue weighted by Crippen LogP contribution is -2.43. The summed E-state index contributed by atoms with van der Waals surface area (Å²) in [4.78, 5) is 27.3. The van der Waals surface area contributed by atoms with Gasteiger partial charge in [0.2, 0.25) is 0 Å². The standard InChI is InChI=1S/C15H26N2O3/c1-3-12-5-4-7-16(8-6-12)15(20)17-9-11(2)13(10-17)14(18)19/h11-13H,3-10H2,1-2H3,(H,18,19). The fraction of sp³-hybridized carbons (Fsp3) is 0.867. The molecule has 2 rings (SSSR count). The first-order valence-corrected chi connectivity index (χ1v) is 7.79. The second-order valence-electron chi connectivity index (χ2n) is 6.30. The highest BCUT2D eigenvalue weighted by molar-refractivity contribution is 5.77. The van der Waals surface area contributed by atoms with Crippen molar-refractivity contribution in [2.45, 2.75) is 39.5 Å². The molecule has 2 fully saturated rings. The molecule has 2 saturated heterocycles. The second kappa shape index (κ2) is 6.46. The minimum absolute atomic E-state index is 0.0392. The molecular formula is C15H26N2O3. The van der Waals surface area contributed by atoms with E-state index in [1.54, 1.807) is 4.90 Å². The van der Waals surface area contributed by atoms with E-state index in [9.17, 15) is 9.59 Å². The summed E-state index contributed by atoms with van der Waals surface area (Å²) in [7, 11) is 0. The van der Waals surface area contributed by atoms with Gasteiger partial charge in [-0.1, -0.05) is 20.3 Å². The molecule has 0 radical (unpaired) electrons. The van der Waals surface area contributed by atoms with Crippen molar-refractivity contribution >= 4 is 12.0 Å². The predicted octanol–water partition coefficient (Wildman–Crippen LogP) is 2.27. The van der Waals surface area contributed by atoms with Crippen LogP contribution in [0.1, 0.15) is 39.5 Å². The molecule has 2 aliphatic rings. The Kier molecular flexibility index (Phi) is 4.89. The van der Waals surface area contributed by atoms with Gasteiger partial charge in [-0.15, -0.1) is 0 Å². The van der Waals surface area contributed by atoms with Crippen LogP contribution < -0.4 is 0 Å². The number of carboxylic acid groups (broad SMARTS) is 1. The van der Waals surface area contributed by atoms with Crippen molar-refractivity contribution in [3.8, 4) is 0 Å². The van der Waals surface area contributed by atoms with Crippen LogP contribution in [0.4, 0.5) is 4.79 Å². The number of likely N-dealkylation sites (tertiary alicyclic amines) is 2. The fourth-order valence-corrected chi connectivity index (χ4v) is 3.41. The van der Waals surface area contributed by atoms with Gasteiger partial charge >= 0.3 is 12.0 Å². The van der Waals surface area contributed by atoms with Crippen LogP contribution >= 0.6 is 0 Å². The molecule has 2 heterocycles. The summed E-state index contributed by atoms with van der Waals surface area (Å²) in [6.45, 7) is 6.70. The van der Waals surface area contributed by atoms with Gasteiger partial charge in [0.25, 0.3) is 0 Å². The van der Waals surface area contributed by atoms with E-state index in [2.05, 4.69) is 6.92 Å². The van der Waals surface area contributed by atoms with Crippen molar-refractivity contribution in [1.29, 1.82) is 0 Å². The third-order valence-electron chi connectivity index (χ3n) is 4.90. The molecule has 0 aliphatic carbocycles. The van der Waals surface area contributed by atoms with Crippen LogP contribution in [0.5, 0.6) is 0 Å². The fourth-order valence-electron chi connectivity index (χ4n) is 3.41. The van der Waals surface area contributed by atoms with Crippen LogP contribution in [0.2, 0.25) is 0 Å². The van der Waals surface area contributed by atoms with Gasteiger partial charge in [-0.3, -0.25) is 4.79 Å². The molecule has 5 heteroatoms. The Morgan fingerprint density at radius 3 is 2.50 bits per heavy atom. The number of carboxylic acids is 1. The molecule has 0 bridgehead atoms. The third kappa shape index (κ3) is 3.25. The summed E-state index contributed by atoms with van der Waals surface area (Å²) in [6, 6.07) is 0.0392. The Bertz CT molecular complexity index is 372. The highest BCUT2D eigenvalue weighted by atomic mass is 16.4.